The highest BCUT2D eigenvalue weighted by atomic mass is 16.5. The highest BCUT2D eigenvalue weighted by Gasteiger charge is 2.49. The topological polar surface area (TPSA) is 17.4 Å². The van der Waals surface area contributed by atoms with Crippen molar-refractivity contribution >= 4 is 49.6 Å². The van der Waals surface area contributed by atoms with Crippen molar-refractivity contribution in [2.45, 2.75) is 5.41 Å². The molecule has 0 atom stereocenters. The summed E-state index contributed by atoms with van der Waals surface area (Å²) in [5.41, 5.74) is 15.7. The fourth-order valence-corrected chi connectivity index (χ4v) is 10.7. The number of benzene rings is 10. The average molecular weight is 791 g/mol. The van der Waals surface area contributed by atoms with Crippen LogP contribution in [0.3, 0.4) is 0 Å². The molecule has 0 saturated carbocycles. The number of ether oxygens (including phenoxy) is 1. The molecule has 0 bridgehead atoms. The molecule has 3 heteroatoms. The smallest absolute Gasteiger partial charge is 0.132 e. The van der Waals surface area contributed by atoms with Gasteiger partial charge in [-0.25, -0.2) is 0 Å². The average Bonchev–Trinajstić information content (AvgIpc) is 3.67. The van der Waals surface area contributed by atoms with Gasteiger partial charge in [0.15, 0.2) is 0 Å². The Bertz CT molecular complexity index is 3520. The molecular formula is C59H38N2O. The van der Waals surface area contributed by atoms with Gasteiger partial charge in [0.2, 0.25) is 0 Å². The molecule has 1 spiro atoms. The van der Waals surface area contributed by atoms with Gasteiger partial charge in [-0.2, -0.15) is 0 Å². The molecule has 13 rings (SSSR count). The first-order valence-corrected chi connectivity index (χ1v) is 21.3. The minimum absolute atomic E-state index is 0.648. The molecule has 1 aliphatic heterocycles. The third-order valence-corrected chi connectivity index (χ3v) is 13.2. The Morgan fingerprint density at radius 2 is 0.968 bits per heavy atom. The van der Waals surface area contributed by atoms with E-state index in [2.05, 4.69) is 240 Å². The lowest BCUT2D eigenvalue weighted by molar-refractivity contribution is 0.435. The fourth-order valence-electron chi connectivity index (χ4n) is 10.7. The van der Waals surface area contributed by atoms with Crippen molar-refractivity contribution < 1.29 is 4.74 Å². The van der Waals surface area contributed by atoms with Crippen LogP contribution in [0, 0.1) is 0 Å². The minimum atomic E-state index is -0.648. The maximum Gasteiger partial charge on any atom is 0.132 e. The first-order valence-electron chi connectivity index (χ1n) is 21.3. The molecule has 11 aromatic rings. The van der Waals surface area contributed by atoms with E-state index >= 15 is 0 Å². The van der Waals surface area contributed by atoms with Crippen molar-refractivity contribution in [3.8, 4) is 39.4 Å². The summed E-state index contributed by atoms with van der Waals surface area (Å²) in [6, 6.07) is 84.0. The number of hydrogen-bond acceptors (Lipinski definition) is 2. The molecule has 2 heterocycles. The van der Waals surface area contributed by atoms with Gasteiger partial charge in [-0.1, -0.05) is 170 Å². The number of hydrogen-bond donors (Lipinski definition) is 0. The Morgan fingerprint density at radius 1 is 0.371 bits per heavy atom. The number of fused-ring (bicyclic) bond motifs is 11. The van der Waals surface area contributed by atoms with Crippen LogP contribution in [0.4, 0.5) is 17.1 Å². The zero-order chi connectivity index (χ0) is 40.8. The quantitative estimate of drug-likeness (QED) is 0.173. The Morgan fingerprint density at radius 3 is 1.77 bits per heavy atom. The fraction of sp³-hybridized carbons (Fsp3) is 0.0169. The molecule has 62 heavy (non-hydrogen) atoms. The highest BCUT2D eigenvalue weighted by molar-refractivity contribution is 6.11. The molecule has 0 saturated heterocycles. The number of rotatable bonds is 5. The van der Waals surface area contributed by atoms with Gasteiger partial charge in [0.1, 0.15) is 11.5 Å². The lowest BCUT2D eigenvalue weighted by atomic mass is 9.58. The Hall–Kier alpha value is -8.14. The third-order valence-electron chi connectivity index (χ3n) is 13.2. The monoisotopic (exact) mass is 790 g/mol. The predicted octanol–water partition coefficient (Wildman–Crippen LogP) is 15.5. The third kappa shape index (κ3) is 4.88. The van der Waals surface area contributed by atoms with E-state index in [0.29, 0.717) is 0 Å². The van der Waals surface area contributed by atoms with E-state index in [1.165, 1.54) is 60.4 Å². The van der Waals surface area contributed by atoms with Crippen molar-refractivity contribution in [3.63, 3.8) is 0 Å². The van der Waals surface area contributed by atoms with E-state index in [1.54, 1.807) is 0 Å². The van der Waals surface area contributed by atoms with Crippen molar-refractivity contribution in [2.75, 3.05) is 4.90 Å². The van der Waals surface area contributed by atoms with Gasteiger partial charge in [-0.05, 0) is 99.3 Å². The van der Waals surface area contributed by atoms with E-state index in [-0.39, 0.29) is 0 Å². The summed E-state index contributed by atoms with van der Waals surface area (Å²) in [6.07, 6.45) is 0. The van der Waals surface area contributed by atoms with Crippen LogP contribution in [0.25, 0.3) is 60.5 Å². The van der Waals surface area contributed by atoms with Crippen LogP contribution >= 0.6 is 0 Å². The number of nitrogens with zero attached hydrogens (tertiary/aromatic N) is 2. The highest BCUT2D eigenvalue weighted by Crippen LogP contribution is 2.61. The van der Waals surface area contributed by atoms with Crippen molar-refractivity contribution in [1.82, 2.24) is 4.57 Å². The minimum Gasteiger partial charge on any atom is -0.457 e. The van der Waals surface area contributed by atoms with Crippen LogP contribution < -0.4 is 9.64 Å². The SMILES string of the molecule is c1ccc(-c2ccccc2-n2c3ccccc3c3ccc(N(c4ccccc4)c4ccc5c(c4)C4(c6ccccc6Oc6ccccc64)c4cccc6cccc-5c46)cc32)cc1. The summed E-state index contributed by atoms with van der Waals surface area (Å²) in [6.45, 7) is 0. The zero-order valence-electron chi connectivity index (χ0n) is 33.7. The van der Waals surface area contributed by atoms with Gasteiger partial charge < -0.3 is 14.2 Å². The second-order valence-electron chi connectivity index (χ2n) is 16.4. The van der Waals surface area contributed by atoms with Gasteiger partial charge in [0.05, 0.1) is 22.1 Å². The first kappa shape index (κ1) is 34.7. The predicted molar refractivity (Wildman–Crippen MR) is 256 cm³/mol. The van der Waals surface area contributed by atoms with E-state index in [9.17, 15) is 0 Å². The van der Waals surface area contributed by atoms with Gasteiger partial charge >= 0.3 is 0 Å². The Kier molecular flexibility index (Phi) is 7.52. The second kappa shape index (κ2) is 13.4. The molecule has 1 aliphatic carbocycles. The lowest BCUT2D eigenvalue weighted by Gasteiger charge is -2.45. The molecule has 1 aromatic heterocycles. The Labute approximate surface area is 360 Å². The molecule has 0 unspecified atom stereocenters. The van der Waals surface area contributed by atoms with Crippen LogP contribution in [0.1, 0.15) is 22.3 Å². The molecule has 0 radical (unpaired) electrons. The van der Waals surface area contributed by atoms with Gasteiger partial charge in [-0.3, -0.25) is 0 Å². The van der Waals surface area contributed by atoms with Gasteiger partial charge in [0, 0.05) is 44.5 Å². The lowest BCUT2D eigenvalue weighted by Crippen LogP contribution is -2.36. The summed E-state index contributed by atoms with van der Waals surface area (Å²) >= 11 is 0. The largest absolute Gasteiger partial charge is 0.457 e. The molecule has 2 aliphatic rings. The van der Waals surface area contributed by atoms with Crippen LogP contribution in [0.5, 0.6) is 11.5 Å². The summed E-state index contributed by atoms with van der Waals surface area (Å²) in [4.78, 5) is 2.43. The van der Waals surface area contributed by atoms with E-state index < -0.39 is 5.41 Å². The zero-order valence-corrected chi connectivity index (χ0v) is 33.7. The van der Waals surface area contributed by atoms with Crippen molar-refractivity contribution in [2.24, 2.45) is 0 Å². The van der Waals surface area contributed by atoms with Crippen LogP contribution in [-0.2, 0) is 5.41 Å². The molecule has 3 nitrogen and oxygen atoms in total. The van der Waals surface area contributed by atoms with E-state index in [4.69, 9.17) is 4.74 Å². The number of anilines is 3. The molecule has 0 amide bonds. The Balaban J connectivity index is 1.10. The van der Waals surface area contributed by atoms with Gasteiger partial charge in [0.25, 0.3) is 0 Å². The molecular weight excluding hydrogens is 753 g/mol. The second-order valence-corrected chi connectivity index (χ2v) is 16.4. The first-order chi connectivity index (χ1) is 30.8. The normalized spacial score (nSPS) is 13.1. The van der Waals surface area contributed by atoms with E-state index in [1.807, 2.05) is 0 Å². The van der Waals surface area contributed by atoms with E-state index in [0.717, 1.165) is 50.9 Å². The summed E-state index contributed by atoms with van der Waals surface area (Å²) < 4.78 is 9.21. The molecule has 0 fully saturated rings. The van der Waals surface area contributed by atoms with Crippen LogP contribution in [-0.4, -0.2) is 4.57 Å². The molecule has 0 N–H and O–H groups in total. The standard InChI is InChI=1S/C59H38N2O/c1-3-17-39(18-4-1)44-23-7-11-29-53(44)61-54-30-12-8-24-46(54)47-36-34-43(38-55(47)61)60(41-21-5-2-6-22-41)42-33-35-45-48-25-15-19-40-20-16-28-51(58(40)48)59(52(45)37-42)49-26-9-13-31-56(49)62-57-32-14-10-27-50(57)59/h1-38H. The summed E-state index contributed by atoms with van der Waals surface area (Å²) in [5, 5.41) is 4.96. The van der Waals surface area contributed by atoms with Crippen LogP contribution in [0.15, 0.2) is 231 Å². The maximum atomic E-state index is 6.76. The maximum absolute atomic E-state index is 6.76. The summed E-state index contributed by atoms with van der Waals surface area (Å²) in [5.74, 6) is 1.76. The molecule has 10 aromatic carbocycles. The summed E-state index contributed by atoms with van der Waals surface area (Å²) in [7, 11) is 0. The van der Waals surface area contributed by atoms with Gasteiger partial charge in [-0.15, -0.1) is 0 Å². The van der Waals surface area contributed by atoms with Crippen LogP contribution in [0.2, 0.25) is 0 Å². The van der Waals surface area contributed by atoms with Crippen molar-refractivity contribution in [3.05, 3.63) is 253 Å². The van der Waals surface area contributed by atoms with Crippen molar-refractivity contribution in [1.29, 1.82) is 0 Å². The number of aromatic nitrogens is 1. The molecule has 290 valence electrons. The number of para-hydroxylation sites is 5.